The van der Waals surface area contributed by atoms with Gasteiger partial charge >= 0.3 is 0 Å². The summed E-state index contributed by atoms with van der Waals surface area (Å²) in [5.74, 6) is 0. The van der Waals surface area contributed by atoms with E-state index in [-0.39, 0.29) is 0 Å². The minimum absolute atomic E-state index is 0.392. The first-order valence-corrected chi connectivity index (χ1v) is 7.52. The average molecular weight is 323 g/mol. The molecule has 2 rings (SSSR count). The van der Waals surface area contributed by atoms with E-state index in [1.54, 1.807) is 11.8 Å². The van der Waals surface area contributed by atoms with Crippen LogP contribution in [0, 0.1) is 0 Å². The number of hydrogen-bond donors (Lipinski definition) is 1. The third-order valence-corrected chi connectivity index (χ3v) is 4.84. The van der Waals surface area contributed by atoms with Crippen molar-refractivity contribution in [3.63, 3.8) is 0 Å². The van der Waals surface area contributed by atoms with Gasteiger partial charge in [0.15, 0.2) is 0 Å². The van der Waals surface area contributed by atoms with Gasteiger partial charge < -0.3 is 5.11 Å². The third-order valence-electron chi connectivity index (χ3n) is 2.72. The van der Waals surface area contributed by atoms with Gasteiger partial charge in [-0.1, -0.05) is 49.0 Å². The van der Waals surface area contributed by atoms with E-state index < -0.39 is 6.10 Å². The van der Waals surface area contributed by atoms with Gasteiger partial charge in [-0.3, -0.25) is 0 Å². The molecule has 0 aliphatic carbocycles. The Hall–Kier alpha value is -0.770. The van der Waals surface area contributed by atoms with Crippen molar-refractivity contribution in [3.05, 3.63) is 58.6 Å². The van der Waals surface area contributed by atoms with Crippen LogP contribution in [0.1, 0.15) is 25.0 Å². The van der Waals surface area contributed by atoms with E-state index in [1.165, 1.54) is 0 Å². The molecule has 1 N–H and O–H groups in total. The van der Waals surface area contributed by atoms with Crippen molar-refractivity contribution in [1.82, 2.24) is 0 Å². The average Bonchev–Trinajstić information content (AvgIpc) is 2.41. The van der Waals surface area contributed by atoms with Gasteiger partial charge in [-0.05, 0) is 46.1 Å². The summed E-state index contributed by atoms with van der Waals surface area (Å²) < 4.78 is 1.08. The summed E-state index contributed by atoms with van der Waals surface area (Å²) in [5.41, 5.74) is 1.00. The first kappa shape index (κ1) is 13.7. The fourth-order valence-electron chi connectivity index (χ4n) is 1.71. The van der Waals surface area contributed by atoms with Crippen molar-refractivity contribution in [3.8, 4) is 0 Å². The zero-order valence-electron chi connectivity index (χ0n) is 10.1. The van der Waals surface area contributed by atoms with Crippen LogP contribution in [-0.2, 0) is 0 Å². The van der Waals surface area contributed by atoms with Gasteiger partial charge in [-0.2, -0.15) is 0 Å². The second kappa shape index (κ2) is 6.41. The van der Waals surface area contributed by atoms with E-state index in [4.69, 9.17) is 0 Å². The van der Waals surface area contributed by atoms with Crippen molar-refractivity contribution in [2.24, 2.45) is 0 Å². The van der Waals surface area contributed by atoms with Gasteiger partial charge in [0, 0.05) is 14.3 Å². The molecule has 0 aromatic heterocycles. The SMILES string of the molecule is CC[C@@H](O)c1ccccc1Sc1ccccc1Br. The highest BCUT2D eigenvalue weighted by atomic mass is 79.9. The predicted molar refractivity (Wildman–Crippen MR) is 80.0 cm³/mol. The van der Waals surface area contributed by atoms with Crippen LogP contribution in [0.3, 0.4) is 0 Å². The van der Waals surface area contributed by atoms with Gasteiger partial charge in [0.1, 0.15) is 0 Å². The molecule has 0 radical (unpaired) electrons. The summed E-state index contributed by atoms with van der Waals surface area (Å²) in [6.07, 6.45) is 0.337. The molecule has 2 aromatic rings. The van der Waals surface area contributed by atoms with E-state index in [1.807, 2.05) is 43.3 Å². The Morgan fingerprint density at radius 3 is 2.33 bits per heavy atom. The Kier molecular flexibility index (Phi) is 4.87. The largest absolute Gasteiger partial charge is 0.388 e. The summed E-state index contributed by atoms with van der Waals surface area (Å²) in [4.78, 5) is 2.27. The highest BCUT2D eigenvalue weighted by molar-refractivity contribution is 9.10. The smallest absolute Gasteiger partial charge is 0.0798 e. The van der Waals surface area contributed by atoms with Gasteiger partial charge in [-0.15, -0.1) is 0 Å². The third kappa shape index (κ3) is 3.16. The predicted octanol–water partition coefficient (Wildman–Crippen LogP) is 5.04. The van der Waals surface area contributed by atoms with Crippen molar-refractivity contribution in [2.75, 3.05) is 0 Å². The number of aliphatic hydroxyl groups is 1. The molecule has 0 unspecified atom stereocenters. The minimum Gasteiger partial charge on any atom is -0.388 e. The Morgan fingerprint density at radius 1 is 1.06 bits per heavy atom. The summed E-state index contributed by atoms with van der Waals surface area (Å²) in [5, 5.41) is 10.0. The fraction of sp³-hybridized carbons (Fsp3) is 0.200. The molecule has 0 saturated heterocycles. The maximum absolute atomic E-state index is 10.0. The molecule has 0 aliphatic heterocycles. The minimum atomic E-state index is -0.392. The van der Waals surface area contributed by atoms with E-state index in [9.17, 15) is 5.11 Å². The zero-order valence-corrected chi connectivity index (χ0v) is 12.5. The molecular weight excluding hydrogens is 308 g/mol. The lowest BCUT2D eigenvalue weighted by Gasteiger charge is -2.14. The molecule has 1 atom stereocenters. The van der Waals surface area contributed by atoms with E-state index in [0.717, 1.165) is 26.2 Å². The number of rotatable bonds is 4. The lowest BCUT2D eigenvalue weighted by Crippen LogP contribution is -1.97. The van der Waals surface area contributed by atoms with Crippen molar-refractivity contribution >= 4 is 27.7 Å². The number of benzene rings is 2. The maximum atomic E-state index is 10.0. The summed E-state index contributed by atoms with van der Waals surface area (Å²) in [6.45, 7) is 1.99. The van der Waals surface area contributed by atoms with Crippen molar-refractivity contribution in [2.45, 2.75) is 29.2 Å². The molecule has 0 heterocycles. The molecule has 94 valence electrons. The second-order valence-corrected chi connectivity index (χ2v) is 5.93. The topological polar surface area (TPSA) is 20.2 Å². The lowest BCUT2D eigenvalue weighted by atomic mass is 10.1. The quantitative estimate of drug-likeness (QED) is 0.850. The maximum Gasteiger partial charge on any atom is 0.0798 e. The van der Waals surface area contributed by atoms with Gasteiger partial charge in [0.25, 0.3) is 0 Å². The van der Waals surface area contributed by atoms with Crippen LogP contribution < -0.4 is 0 Å². The normalized spacial score (nSPS) is 12.4. The number of aliphatic hydroxyl groups excluding tert-OH is 1. The fourth-order valence-corrected chi connectivity index (χ4v) is 3.26. The molecule has 0 amide bonds. The van der Waals surface area contributed by atoms with Gasteiger partial charge in [-0.25, -0.2) is 0 Å². The number of hydrogen-bond acceptors (Lipinski definition) is 2. The Labute approximate surface area is 120 Å². The molecule has 2 aromatic carbocycles. The van der Waals surface area contributed by atoms with Crippen LogP contribution in [0.2, 0.25) is 0 Å². The second-order valence-electron chi connectivity index (χ2n) is 3.99. The van der Waals surface area contributed by atoms with Crippen LogP contribution in [0.15, 0.2) is 62.8 Å². The van der Waals surface area contributed by atoms with E-state index in [2.05, 4.69) is 28.1 Å². The molecule has 0 fully saturated rings. The first-order valence-electron chi connectivity index (χ1n) is 5.91. The van der Waals surface area contributed by atoms with Crippen LogP contribution >= 0.6 is 27.7 Å². The first-order chi connectivity index (χ1) is 8.72. The summed E-state index contributed by atoms with van der Waals surface area (Å²) >= 11 is 5.23. The van der Waals surface area contributed by atoms with Crippen molar-refractivity contribution in [1.29, 1.82) is 0 Å². The highest BCUT2D eigenvalue weighted by Gasteiger charge is 2.11. The van der Waals surface area contributed by atoms with Gasteiger partial charge in [0.05, 0.1) is 6.10 Å². The van der Waals surface area contributed by atoms with E-state index in [0.29, 0.717) is 0 Å². The highest BCUT2D eigenvalue weighted by Crippen LogP contribution is 2.37. The number of halogens is 1. The molecule has 0 spiro atoms. The Balaban J connectivity index is 2.32. The summed E-state index contributed by atoms with van der Waals surface area (Å²) in [6, 6.07) is 16.1. The standard InChI is InChI=1S/C15H15BrOS/c1-2-13(17)11-7-3-5-9-14(11)18-15-10-6-4-8-12(15)16/h3-10,13,17H,2H2,1H3/t13-/m1/s1. The summed E-state index contributed by atoms with van der Waals surface area (Å²) in [7, 11) is 0. The molecule has 0 aliphatic rings. The lowest BCUT2D eigenvalue weighted by molar-refractivity contribution is 0.171. The monoisotopic (exact) mass is 322 g/mol. The van der Waals surface area contributed by atoms with Crippen LogP contribution in [0.4, 0.5) is 0 Å². The van der Waals surface area contributed by atoms with E-state index >= 15 is 0 Å². The Bertz CT molecular complexity index is 527. The van der Waals surface area contributed by atoms with Crippen LogP contribution in [0.5, 0.6) is 0 Å². The molecule has 1 nitrogen and oxygen atoms in total. The molecule has 3 heteroatoms. The Morgan fingerprint density at radius 2 is 1.67 bits per heavy atom. The molecule has 0 saturated carbocycles. The molecule has 18 heavy (non-hydrogen) atoms. The van der Waals surface area contributed by atoms with Gasteiger partial charge in [0.2, 0.25) is 0 Å². The zero-order chi connectivity index (χ0) is 13.0. The van der Waals surface area contributed by atoms with Crippen LogP contribution in [-0.4, -0.2) is 5.11 Å². The molecular formula is C15H15BrOS. The molecule has 0 bridgehead atoms. The van der Waals surface area contributed by atoms with Crippen molar-refractivity contribution < 1.29 is 5.11 Å². The van der Waals surface area contributed by atoms with Crippen LogP contribution in [0.25, 0.3) is 0 Å².